The Hall–Kier alpha value is -1.94. The first kappa shape index (κ1) is 10.2. The van der Waals surface area contributed by atoms with Crippen molar-refractivity contribution in [2.45, 2.75) is 6.54 Å². The van der Waals surface area contributed by atoms with E-state index in [1.54, 1.807) is 17.7 Å². The van der Waals surface area contributed by atoms with Crippen LogP contribution in [0.4, 0.5) is 0 Å². The van der Waals surface area contributed by atoms with Gasteiger partial charge in [-0.2, -0.15) is 4.37 Å². The van der Waals surface area contributed by atoms with E-state index in [2.05, 4.69) is 27.6 Å². The maximum absolute atomic E-state index is 4.47. The van der Waals surface area contributed by atoms with Crippen LogP contribution in [-0.4, -0.2) is 13.9 Å². The van der Waals surface area contributed by atoms with Crippen LogP contribution in [0.3, 0.4) is 0 Å². The largest absolute Gasteiger partial charge is 0.332 e. The minimum Gasteiger partial charge on any atom is -0.332 e. The van der Waals surface area contributed by atoms with Gasteiger partial charge in [0.25, 0.3) is 0 Å². The third kappa shape index (κ3) is 2.26. The summed E-state index contributed by atoms with van der Waals surface area (Å²) in [6.07, 6.45) is 5.57. The number of imidazole rings is 1. The molecule has 3 nitrogen and oxygen atoms in total. The van der Waals surface area contributed by atoms with E-state index in [-0.39, 0.29) is 0 Å². The highest BCUT2D eigenvalue weighted by molar-refractivity contribution is 7.06. The lowest BCUT2D eigenvalue weighted by Crippen LogP contribution is -1.92. The number of hydrogen-bond donors (Lipinski definition) is 0. The SMILES string of the molecule is c1ccc(-c2cc(Cn3ccnc3)sn2)cc1. The van der Waals surface area contributed by atoms with Gasteiger partial charge in [0.15, 0.2) is 0 Å². The zero-order valence-electron chi connectivity index (χ0n) is 9.15. The molecule has 3 aromatic rings. The molecule has 0 aliphatic carbocycles. The van der Waals surface area contributed by atoms with E-state index in [1.165, 1.54) is 10.4 Å². The van der Waals surface area contributed by atoms with Gasteiger partial charge in [-0.05, 0) is 17.6 Å². The minimum atomic E-state index is 0.838. The molecule has 0 aliphatic rings. The van der Waals surface area contributed by atoms with E-state index in [1.807, 2.05) is 35.3 Å². The van der Waals surface area contributed by atoms with E-state index < -0.39 is 0 Å². The molecule has 0 spiro atoms. The van der Waals surface area contributed by atoms with Gasteiger partial charge in [-0.3, -0.25) is 0 Å². The molecule has 17 heavy (non-hydrogen) atoms. The molecule has 0 amide bonds. The average molecular weight is 241 g/mol. The summed E-state index contributed by atoms with van der Waals surface area (Å²) in [5.41, 5.74) is 2.21. The summed E-state index contributed by atoms with van der Waals surface area (Å²) in [7, 11) is 0. The molecule has 2 aromatic heterocycles. The van der Waals surface area contributed by atoms with E-state index in [9.17, 15) is 0 Å². The van der Waals surface area contributed by atoms with E-state index in [0.29, 0.717) is 0 Å². The smallest absolute Gasteiger partial charge is 0.0949 e. The van der Waals surface area contributed by atoms with Crippen LogP contribution in [-0.2, 0) is 6.54 Å². The van der Waals surface area contributed by atoms with E-state index >= 15 is 0 Å². The fraction of sp³-hybridized carbons (Fsp3) is 0.0769. The third-order valence-corrected chi connectivity index (χ3v) is 3.30. The zero-order chi connectivity index (χ0) is 11.5. The second-order valence-electron chi connectivity index (χ2n) is 3.78. The Morgan fingerprint density at radius 3 is 2.82 bits per heavy atom. The Kier molecular flexibility index (Phi) is 2.71. The van der Waals surface area contributed by atoms with Crippen LogP contribution < -0.4 is 0 Å². The van der Waals surface area contributed by atoms with E-state index in [4.69, 9.17) is 0 Å². The molecule has 0 radical (unpaired) electrons. The van der Waals surface area contributed by atoms with Gasteiger partial charge >= 0.3 is 0 Å². The minimum absolute atomic E-state index is 0.838. The summed E-state index contributed by atoms with van der Waals surface area (Å²) in [6, 6.07) is 12.4. The maximum atomic E-state index is 4.47. The van der Waals surface area contributed by atoms with Crippen molar-refractivity contribution in [2.75, 3.05) is 0 Å². The number of aromatic nitrogens is 3. The number of rotatable bonds is 3. The molecule has 0 aliphatic heterocycles. The van der Waals surface area contributed by atoms with Crippen molar-refractivity contribution in [1.29, 1.82) is 0 Å². The van der Waals surface area contributed by atoms with Crippen LogP contribution >= 0.6 is 11.5 Å². The summed E-state index contributed by atoms with van der Waals surface area (Å²) < 4.78 is 6.52. The van der Waals surface area contributed by atoms with Crippen molar-refractivity contribution in [3.8, 4) is 11.3 Å². The highest BCUT2D eigenvalue weighted by Crippen LogP contribution is 2.22. The van der Waals surface area contributed by atoms with Gasteiger partial charge in [0.05, 0.1) is 18.6 Å². The van der Waals surface area contributed by atoms with Gasteiger partial charge in [-0.25, -0.2) is 4.98 Å². The first-order chi connectivity index (χ1) is 8.42. The molecule has 2 heterocycles. The topological polar surface area (TPSA) is 30.7 Å². The fourth-order valence-corrected chi connectivity index (χ4v) is 2.44. The Morgan fingerprint density at radius 1 is 1.18 bits per heavy atom. The van der Waals surface area contributed by atoms with Crippen molar-refractivity contribution in [3.05, 3.63) is 60.0 Å². The molecule has 3 rings (SSSR count). The molecule has 84 valence electrons. The highest BCUT2D eigenvalue weighted by Gasteiger charge is 2.04. The first-order valence-corrected chi connectivity index (χ1v) is 6.16. The van der Waals surface area contributed by atoms with Crippen molar-refractivity contribution < 1.29 is 0 Å². The Labute approximate surface area is 104 Å². The van der Waals surface area contributed by atoms with Crippen LogP contribution in [0.1, 0.15) is 4.88 Å². The molecule has 4 heteroatoms. The molecular weight excluding hydrogens is 230 g/mol. The highest BCUT2D eigenvalue weighted by atomic mass is 32.1. The van der Waals surface area contributed by atoms with Gasteiger partial charge in [0.2, 0.25) is 0 Å². The predicted octanol–water partition coefficient (Wildman–Crippen LogP) is 3.05. The summed E-state index contributed by atoms with van der Waals surface area (Å²) in [5.74, 6) is 0. The van der Waals surface area contributed by atoms with Gasteiger partial charge in [-0.1, -0.05) is 30.3 Å². The monoisotopic (exact) mass is 241 g/mol. The standard InChI is InChI=1S/C13H11N3S/c1-2-4-11(5-3-1)13-8-12(17-15-13)9-16-7-6-14-10-16/h1-8,10H,9H2. The summed E-state index contributed by atoms with van der Waals surface area (Å²) >= 11 is 1.54. The lowest BCUT2D eigenvalue weighted by atomic mass is 10.1. The molecule has 0 bridgehead atoms. The summed E-state index contributed by atoms with van der Waals surface area (Å²) in [5, 5.41) is 0. The quantitative estimate of drug-likeness (QED) is 0.705. The molecule has 0 fully saturated rings. The second kappa shape index (κ2) is 4.51. The third-order valence-electron chi connectivity index (χ3n) is 2.53. The lowest BCUT2D eigenvalue weighted by Gasteiger charge is -1.96. The van der Waals surface area contributed by atoms with Crippen molar-refractivity contribution in [3.63, 3.8) is 0 Å². The number of nitrogens with zero attached hydrogens (tertiary/aromatic N) is 3. The van der Waals surface area contributed by atoms with Gasteiger partial charge in [0, 0.05) is 22.8 Å². The molecule has 0 saturated carbocycles. The summed E-state index contributed by atoms with van der Waals surface area (Å²) in [6.45, 7) is 0.838. The Morgan fingerprint density at radius 2 is 2.06 bits per heavy atom. The number of benzene rings is 1. The second-order valence-corrected chi connectivity index (χ2v) is 4.67. The predicted molar refractivity (Wildman–Crippen MR) is 68.9 cm³/mol. The lowest BCUT2D eigenvalue weighted by molar-refractivity contribution is 0.810. The first-order valence-electron chi connectivity index (χ1n) is 5.38. The summed E-state index contributed by atoms with van der Waals surface area (Å²) in [4.78, 5) is 5.27. The van der Waals surface area contributed by atoms with Crippen LogP contribution in [0.15, 0.2) is 55.1 Å². The van der Waals surface area contributed by atoms with Crippen molar-refractivity contribution >= 4 is 11.5 Å². The van der Waals surface area contributed by atoms with Crippen molar-refractivity contribution in [2.24, 2.45) is 0 Å². The molecule has 0 N–H and O–H groups in total. The fourth-order valence-electron chi connectivity index (χ4n) is 1.69. The Bertz CT molecular complexity index is 584. The van der Waals surface area contributed by atoms with Gasteiger partial charge < -0.3 is 4.57 Å². The van der Waals surface area contributed by atoms with Crippen molar-refractivity contribution in [1.82, 2.24) is 13.9 Å². The Balaban J connectivity index is 1.84. The molecular formula is C13H11N3S. The zero-order valence-corrected chi connectivity index (χ0v) is 9.97. The normalized spacial score (nSPS) is 10.6. The van der Waals surface area contributed by atoms with Crippen LogP contribution in [0.2, 0.25) is 0 Å². The molecule has 1 aromatic carbocycles. The van der Waals surface area contributed by atoms with Gasteiger partial charge in [-0.15, -0.1) is 0 Å². The van der Waals surface area contributed by atoms with E-state index in [0.717, 1.165) is 12.2 Å². The molecule has 0 atom stereocenters. The number of hydrogen-bond acceptors (Lipinski definition) is 3. The molecule has 0 unspecified atom stereocenters. The maximum Gasteiger partial charge on any atom is 0.0949 e. The van der Waals surface area contributed by atoms with Crippen LogP contribution in [0.25, 0.3) is 11.3 Å². The van der Waals surface area contributed by atoms with Crippen LogP contribution in [0, 0.1) is 0 Å². The molecule has 0 saturated heterocycles. The van der Waals surface area contributed by atoms with Gasteiger partial charge in [0.1, 0.15) is 0 Å². The van der Waals surface area contributed by atoms with Crippen LogP contribution in [0.5, 0.6) is 0 Å². The average Bonchev–Trinajstić information content (AvgIpc) is 3.02.